The van der Waals surface area contributed by atoms with Crippen LogP contribution < -0.4 is 5.32 Å². The molecular formula is C13H17NOS. The Balaban J connectivity index is 2.02. The van der Waals surface area contributed by atoms with Crippen LogP contribution in [0.15, 0.2) is 18.2 Å². The van der Waals surface area contributed by atoms with Crippen LogP contribution in [0.5, 0.6) is 0 Å². The van der Waals surface area contributed by atoms with E-state index >= 15 is 0 Å². The maximum atomic E-state index is 11.9. The fourth-order valence-electron chi connectivity index (χ4n) is 1.83. The Bertz CT molecular complexity index is 397. The molecule has 0 saturated carbocycles. The van der Waals surface area contributed by atoms with Gasteiger partial charge in [-0.25, -0.2) is 0 Å². The number of hydrogen-bond donors (Lipinski definition) is 1. The zero-order chi connectivity index (χ0) is 11.5. The lowest BCUT2D eigenvalue weighted by atomic mass is 10.1. The van der Waals surface area contributed by atoms with Gasteiger partial charge in [-0.2, -0.15) is 0 Å². The fourth-order valence-corrected chi connectivity index (χ4v) is 2.99. The lowest BCUT2D eigenvalue weighted by molar-refractivity contribution is -0.115. The first-order valence-electron chi connectivity index (χ1n) is 5.66. The minimum Gasteiger partial charge on any atom is -0.325 e. The summed E-state index contributed by atoms with van der Waals surface area (Å²) in [7, 11) is 0. The summed E-state index contributed by atoms with van der Waals surface area (Å²) in [4.78, 5) is 11.9. The highest BCUT2D eigenvalue weighted by Gasteiger charge is 2.23. The minimum absolute atomic E-state index is 0.154. The van der Waals surface area contributed by atoms with Gasteiger partial charge in [0.05, 0.1) is 5.25 Å². The highest BCUT2D eigenvalue weighted by Crippen LogP contribution is 2.27. The average Bonchev–Trinajstić information content (AvgIpc) is 2.77. The van der Waals surface area contributed by atoms with Gasteiger partial charge in [-0.3, -0.25) is 4.79 Å². The number of benzene rings is 1. The molecule has 1 aromatic rings. The van der Waals surface area contributed by atoms with Gasteiger partial charge < -0.3 is 5.32 Å². The number of carbonyl (C=O) groups is 1. The van der Waals surface area contributed by atoms with Gasteiger partial charge in [0.25, 0.3) is 0 Å². The zero-order valence-corrected chi connectivity index (χ0v) is 10.6. The van der Waals surface area contributed by atoms with Crippen molar-refractivity contribution in [2.45, 2.75) is 31.9 Å². The molecule has 1 atom stereocenters. The fraction of sp³-hybridized carbons (Fsp3) is 0.462. The van der Waals surface area contributed by atoms with Crippen LogP contribution in [0.3, 0.4) is 0 Å². The van der Waals surface area contributed by atoms with Crippen LogP contribution in [-0.2, 0) is 4.79 Å². The molecule has 1 amide bonds. The number of nitrogens with one attached hydrogen (secondary N) is 1. The van der Waals surface area contributed by atoms with Crippen LogP contribution in [0.1, 0.15) is 24.0 Å². The van der Waals surface area contributed by atoms with E-state index in [1.807, 2.05) is 18.2 Å². The third-order valence-electron chi connectivity index (χ3n) is 3.00. The molecule has 1 unspecified atom stereocenters. The van der Waals surface area contributed by atoms with Gasteiger partial charge in [0.2, 0.25) is 5.91 Å². The zero-order valence-electron chi connectivity index (χ0n) is 9.75. The van der Waals surface area contributed by atoms with E-state index in [0.717, 1.165) is 24.3 Å². The topological polar surface area (TPSA) is 29.1 Å². The second kappa shape index (κ2) is 4.91. The van der Waals surface area contributed by atoms with Crippen molar-refractivity contribution in [2.75, 3.05) is 11.1 Å². The molecule has 86 valence electrons. The predicted octanol–water partition coefficient (Wildman–Crippen LogP) is 3.14. The smallest absolute Gasteiger partial charge is 0.237 e. The molecule has 0 aliphatic carbocycles. The maximum Gasteiger partial charge on any atom is 0.237 e. The lowest BCUT2D eigenvalue weighted by Gasteiger charge is -2.11. The summed E-state index contributed by atoms with van der Waals surface area (Å²) in [6, 6.07) is 6.06. The van der Waals surface area contributed by atoms with E-state index in [1.54, 1.807) is 11.8 Å². The summed E-state index contributed by atoms with van der Waals surface area (Å²) < 4.78 is 0. The van der Waals surface area contributed by atoms with Crippen molar-refractivity contribution < 1.29 is 4.79 Å². The average molecular weight is 235 g/mol. The summed E-state index contributed by atoms with van der Waals surface area (Å²) in [5.74, 6) is 1.27. The Hall–Kier alpha value is -0.960. The molecule has 0 radical (unpaired) electrons. The van der Waals surface area contributed by atoms with E-state index in [-0.39, 0.29) is 11.2 Å². The van der Waals surface area contributed by atoms with E-state index in [9.17, 15) is 4.79 Å². The Morgan fingerprint density at radius 1 is 1.38 bits per heavy atom. The normalized spacial score (nSPS) is 19.8. The molecule has 1 fully saturated rings. The molecule has 1 heterocycles. The van der Waals surface area contributed by atoms with Crippen LogP contribution >= 0.6 is 11.8 Å². The molecule has 1 N–H and O–H groups in total. The monoisotopic (exact) mass is 235 g/mol. The Morgan fingerprint density at radius 2 is 2.19 bits per heavy atom. The lowest BCUT2D eigenvalue weighted by Crippen LogP contribution is -2.22. The van der Waals surface area contributed by atoms with E-state index in [4.69, 9.17) is 0 Å². The van der Waals surface area contributed by atoms with Crippen LogP contribution in [0.4, 0.5) is 5.69 Å². The molecule has 16 heavy (non-hydrogen) atoms. The Kier molecular flexibility index (Phi) is 3.54. The molecule has 0 bridgehead atoms. The van der Waals surface area contributed by atoms with Crippen molar-refractivity contribution >= 4 is 23.4 Å². The van der Waals surface area contributed by atoms with Crippen LogP contribution in [0, 0.1) is 13.8 Å². The number of carbonyl (C=O) groups excluding carboxylic acids is 1. The highest BCUT2D eigenvalue weighted by atomic mass is 32.2. The van der Waals surface area contributed by atoms with E-state index in [1.165, 1.54) is 11.1 Å². The third-order valence-corrected chi connectivity index (χ3v) is 4.37. The quantitative estimate of drug-likeness (QED) is 0.853. The van der Waals surface area contributed by atoms with Crippen LogP contribution in [0.2, 0.25) is 0 Å². The first-order chi connectivity index (χ1) is 7.66. The number of amides is 1. The van der Waals surface area contributed by atoms with Gasteiger partial charge in [-0.15, -0.1) is 11.8 Å². The van der Waals surface area contributed by atoms with Gasteiger partial charge in [0.15, 0.2) is 0 Å². The van der Waals surface area contributed by atoms with Crippen molar-refractivity contribution in [2.24, 2.45) is 0 Å². The van der Waals surface area contributed by atoms with E-state index in [2.05, 4.69) is 19.2 Å². The number of anilines is 1. The molecule has 0 spiro atoms. The summed E-state index contributed by atoms with van der Waals surface area (Å²) in [5, 5.41) is 3.15. The molecule has 2 nitrogen and oxygen atoms in total. The predicted molar refractivity (Wildman–Crippen MR) is 70.0 cm³/mol. The first-order valence-corrected chi connectivity index (χ1v) is 6.71. The molecule has 2 rings (SSSR count). The number of aryl methyl sites for hydroxylation is 2. The summed E-state index contributed by atoms with van der Waals surface area (Å²) in [6.07, 6.45) is 2.18. The standard InChI is InChI=1S/C13H17NOS/c1-9-5-6-11(8-10(9)2)14-13(15)12-4-3-7-16-12/h5-6,8,12H,3-4,7H2,1-2H3,(H,14,15). The molecule has 1 aliphatic rings. The van der Waals surface area contributed by atoms with Crippen molar-refractivity contribution in [1.29, 1.82) is 0 Å². The van der Waals surface area contributed by atoms with Crippen molar-refractivity contribution in [3.63, 3.8) is 0 Å². The van der Waals surface area contributed by atoms with Gasteiger partial charge >= 0.3 is 0 Å². The molecule has 1 aromatic carbocycles. The summed E-state index contributed by atoms with van der Waals surface area (Å²) in [5.41, 5.74) is 3.39. The highest BCUT2D eigenvalue weighted by molar-refractivity contribution is 8.00. The van der Waals surface area contributed by atoms with Gasteiger partial charge in [-0.05, 0) is 55.7 Å². The second-order valence-electron chi connectivity index (χ2n) is 4.29. The van der Waals surface area contributed by atoms with Gasteiger partial charge in [-0.1, -0.05) is 6.07 Å². The van der Waals surface area contributed by atoms with E-state index in [0.29, 0.717) is 0 Å². The van der Waals surface area contributed by atoms with Crippen LogP contribution in [0.25, 0.3) is 0 Å². The maximum absolute atomic E-state index is 11.9. The summed E-state index contributed by atoms with van der Waals surface area (Å²) >= 11 is 1.77. The third kappa shape index (κ3) is 2.59. The first kappa shape index (κ1) is 11.5. The molecule has 0 aromatic heterocycles. The molecular weight excluding hydrogens is 218 g/mol. The van der Waals surface area contributed by atoms with Crippen LogP contribution in [-0.4, -0.2) is 16.9 Å². The largest absolute Gasteiger partial charge is 0.325 e. The minimum atomic E-state index is 0.154. The van der Waals surface area contributed by atoms with Gasteiger partial charge in [0, 0.05) is 5.69 Å². The number of thioether (sulfide) groups is 1. The Labute approximate surface area is 101 Å². The van der Waals surface area contributed by atoms with Crippen molar-refractivity contribution in [1.82, 2.24) is 0 Å². The number of hydrogen-bond acceptors (Lipinski definition) is 2. The van der Waals surface area contributed by atoms with Crippen molar-refractivity contribution in [3.05, 3.63) is 29.3 Å². The van der Waals surface area contributed by atoms with E-state index < -0.39 is 0 Å². The van der Waals surface area contributed by atoms with Gasteiger partial charge in [0.1, 0.15) is 0 Å². The number of rotatable bonds is 2. The summed E-state index contributed by atoms with van der Waals surface area (Å²) in [6.45, 7) is 4.14. The van der Waals surface area contributed by atoms with Crippen molar-refractivity contribution in [3.8, 4) is 0 Å². The molecule has 3 heteroatoms. The second-order valence-corrected chi connectivity index (χ2v) is 5.60. The Morgan fingerprint density at radius 3 is 2.81 bits per heavy atom. The molecule has 1 aliphatic heterocycles. The SMILES string of the molecule is Cc1ccc(NC(=O)C2CCCS2)cc1C. The molecule has 1 saturated heterocycles.